The molecule has 0 saturated carbocycles. The average molecular weight is 843 g/mol. The molecule has 0 bridgehead atoms. The Kier molecular flexibility index (Phi) is 12.0. The summed E-state index contributed by atoms with van der Waals surface area (Å²) >= 11 is 20.7. The number of hydrogen-bond acceptors (Lipinski definition) is 12. The maximum atomic E-state index is 14.6. The van der Waals surface area contributed by atoms with Crippen LogP contribution in [0.15, 0.2) is 44.2 Å². The average Bonchev–Trinajstić information content (AvgIpc) is 3.22. The van der Waals surface area contributed by atoms with Crippen molar-refractivity contribution in [3.63, 3.8) is 0 Å². The summed E-state index contributed by atoms with van der Waals surface area (Å²) in [4.78, 5) is 79.0. The van der Waals surface area contributed by atoms with Gasteiger partial charge in [0.05, 0.1) is 65.6 Å². The molecule has 2 aliphatic heterocycles. The van der Waals surface area contributed by atoms with Gasteiger partial charge in [-0.15, -0.1) is 0 Å². The fraction of sp³-hybridized carbons (Fsp3) is 0.364. The first-order valence-electron chi connectivity index (χ1n) is 19.5. The van der Waals surface area contributed by atoms with Crippen molar-refractivity contribution in [1.29, 1.82) is 0 Å². The maximum Gasteiger partial charge on any atom is 0.261 e. The summed E-state index contributed by atoms with van der Waals surface area (Å²) in [5, 5.41) is 13.2. The fourth-order valence-electron chi connectivity index (χ4n) is 8.90. The summed E-state index contributed by atoms with van der Waals surface area (Å²) in [6, 6.07) is 6.45. The molecule has 4 amide bonds. The van der Waals surface area contributed by atoms with Crippen LogP contribution in [0.25, 0.3) is 43.1 Å². The minimum absolute atomic E-state index is 0.0985. The molecule has 0 spiro atoms. The van der Waals surface area contributed by atoms with E-state index in [-0.39, 0.29) is 69.9 Å². The number of unbranched alkanes of at least 4 members (excludes halogenated alkanes) is 2. The van der Waals surface area contributed by atoms with Gasteiger partial charge in [0.15, 0.2) is 0 Å². The smallest absolute Gasteiger partial charge is 0.261 e. The number of isothiocyanates is 4. The van der Waals surface area contributed by atoms with E-state index in [1.54, 1.807) is 24.3 Å². The molecule has 0 aliphatic carbocycles. The van der Waals surface area contributed by atoms with Gasteiger partial charge in [0.1, 0.15) is 0 Å². The molecule has 2 atom stereocenters. The van der Waals surface area contributed by atoms with Crippen LogP contribution in [0.5, 0.6) is 0 Å². The fourth-order valence-corrected chi connectivity index (χ4v) is 9.29. The van der Waals surface area contributed by atoms with Crippen LogP contribution < -0.4 is 0 Å². The zero-order valence-corrected chi connectivity index (χ0v) is 35.8. The highest BCUT2D eigenvalue weighted by Gasteiger charge is 2.41. The molecule has 2 heterocycles. The highest BCUT2D eigenvalue weighted by atomic mass is 32.1. The number of benzene rings is 5. The highest BCUT2D eigenvalue weighted by Crippen LogP contribution is 2.56. The van der Waals surface area contributed by atoms with Gasteiger partial charge in [-0.25, -0.2) is 0 Å². The van der Waals surface area contributed by atoms with E-state index in [1.165, 1.54) is 9.80 Å². The Morgan fingerprint density at radius 3 is 0.966 bits per heavy atom. The van der Waals surface area contributed by atoms with Crippen molar-refractivity contribution in [1.82, 2.24) is 9.80 Å². The van der Waals surface area contributed by atoms with Crippen LogP contribution in [-0.4, -0.2) is 67.2 Å². The molecule has 0 N–H and O–H groups in total. The number of fused-ring (bicyclic) bond motifs is 2. The second-order valence-corrected chi connectivity index (χ2v) is 15.6. The van der Waals surface area contributed by atoms with Crippen LogP contribution in [0, 0.1) is 11.8 Å². The molecule has 292 valence electrons. The molecule has 0 aromatic heterocycles. The summed E-state index contributed by atoms with van der Waals surface area (Å²) < 4.78 is 0. The van der Waals surface area contributed by atoms with Gasteiger partial charge in [-0.3, -0.25) is 29.0 Å². The van der Waals surface area contributed by atoms with Crippen LogP contribution in [0.4, 0.5) is 22.7 Å². The third kappa shape index (κ3) is 6.56. The molecular formula is C44H38N6O4S4. The Labute approximate surface area is 356 Å². The largest absolute Gasteiger partial charge is 0.274 e. The number of carbonyl (C=O) groups excluding carboxylic acids is 4. The second kappa shape index (κ2) is 17.0. The Morgan fingerprint density at radius 1 is 0.466 bits per heavy atom. The first kappa shape index (κ1) is 41.1. The molecule has 5 aromatic carbocycles. The van der Waals surface area contributed by atoms with Crippen LogP contribution in [-0.2, 0) is 0 Å². The molecule has 58 heavy (non-hydrogen) atoms. The third-order valence-corrected chi connectivity index (χ3v) is 12.1. The van der Waals surface area contributed by atoms with Crippen molar-refractivity contribution in [2.24, 2.45) is 31.8 Å². The van der Waals surface area contributed by atoms with Crippen molar-refractivity contribution in [3.05, 3.63) is 46.5 Å². The predicted octanol–water partition coefficient (Wildman–Crippen LogP) is 12.3. The van der Waals surface area contributed by atoms with Gasteiger partial charge in [-0.1, -0.05) is 66.2 Å². The van der Waals surface area contributed by atoms with Gasteiger partial charge in [-0.2, -0.15) is 20.0 Å². The van der Waals surface area contributed by atoms with E-state index in [4.69, 9.17) is 48.9 Å². The summed E-state index contributed by atoms with van der Waals surface area (Å²) in [6.45, 7) is 8.80. The Balaban J connectivity index is 1.68. The monoisotopic (exact) mass is 842 g/mol. The van der Waals surface area contributed by atoms with Crippen molar-refractivity contribution < 1.29 is 19.2 Å². The third-order valence-electron chi connectivity index (χ3n) is 11.8. The van der Waals surface area contributed by atoms with Crippen molar-refractivity contribution >= 4 is 159 Å². The van der Waals surface area contributed by atoms with E-state index < -0.39 is 23.6 Å². The van der Waals surface area contributed by atoms with Gasteiger partial charge in [0, 0.05) is 56.2 Å². The first-order valence-corrected chi connectivity index (χ1v) is 21.2. The number of rotatable bonds is 16. The molecule has 0 fully saturated rings. The van der Waals surface area contributed by atoms with E-state index in [0.717, 1.165) is 51.4 Å². The number of amides is 4. The molecule has 10 nitrogen and oxygen atoms in total. The molecule has 0 saturated heterocycles. The maximum absolute atomic E-state index is 14.6. The zero-order valence-electron chi connectivity index (χ0n) is 32.5. The molecule has 2 unspecified atom stereocenters. The zero-order chi connectivity index (χ0) is 41.4. The standard InChI is InChI=1S/C44H38N6O4S4/c1-5-9-11-23(7-3)17-49-41(51)25-13-29(45-19-55)35-37-31(47-21-57)15-27-34-28(44(54)50(43(27)53)18-24(8-4)12-10-6-2)16-32(48-22-58)38(40(34)37)36-30(46-20-56)14-26(42(49)52)33(25)39(35)36/h13-16,23-24H,5-12,17-18H2,1-4H3. The minimum Gasteiger partial charge on any atom is -0.274 e. The van der Waals surface area contributed by atoms with E-state index in [0.29, 0.717) is 43.1 Å². The number of carbonyl (C=O) groups is 4. The lowest BCUT2D eigenvalue weighted by Gasteiger charge is -2.33. The van der Waals surface area contributed by atoms with Gasteiger partial charge < -0.3 is 0 Å². The molecule has 7 rings (SSSR count). The topological polar surface area (TPSA) is 124 Å². The first-order chi connectivity index (χ1) is 28.1. The van der Waals surface area contributed by atoms with Crippen molar-refractivity contribution in [3.8, 4) is 0 Å². The predicted molar refractivity (Wildman–Crippen MR) is 244 cm³/mol. The highest BCUT2D eigenvalue weighted by molar-refractivity contribution is 7.78. The number of nitrogens with zero attached hydrogens (tertiary/aromatic N) is 6. The van der Waals surface area contributed by atoms with E-state index in [2.05, 4.69) is 68.3 Å². The number of imide groups is 2. The Hall–Kier alpha value is -5.12. The molecule has 5 aromatic rings. The molecule has 0 radical (unpaired) electrons. The number of aliphatic imine (C=N–C) groups is 4. The van der Waals surface area contributed by atoms with E-state index >= 15 is 0 Å². The van der Waals surface area contributed by atoms with E-state index in [1.807, 2.05) is 0 Å². The van der Waals surface area contributed by atoms with Crippen LogP contribution in [0.2, 0.25) is 0 Å². The normalized spacial score (nSPS) is 14.5. The summed E-state index contributed by atoms with van der Waals surface area (Å²) in [5.74, 6) is -1.68. The summed E-state index contributed by atoms with van der Waals surface area (Å²) in [6.07, 6.45) is 7.22. The lowest BCUT2D eigenvalue weighted by atomic mass is 9.79. The summed E-state index contributed by atoms with van der Waals surface area (Å²) in [7, 11) is 0. The van der Waals surface area contributed by atoms with Gasteiger partial charge in [-0.05, 0) is 97.8 Å². The van der Waals surface area contributed by atoms with Crippen LogP contribution in [0.3, 0.4) is 0 Å². The molecule has 2 aliphatic rings. The van der Waals surface area contributed by atoms with Crippen molar-refractivity contribution in [2.75, 3.05) is 13.1 Å². The quantitative estimate of drug-likeness (QED) is 0.0316. The van der Waals surface area contributed by atoms with Gasteiger partial charge >= 0.3 is 0 Å². The summed E-state index contributed by atoms with van der Waals surface area (Å²) in [5.41, 5.74) is 1.96. The van der Waals surface area contributed by atoms with Crippen LogP contribution >= 0.6 is 48.9 Å². The van der Waals surface area contributed by atoms with E-state index in [9.17, 15) is 19.2 Å². The number of hydrogen-bond donors (Lipinski definition) is 0. The molecular weight excluding hydrogens is 805 g/mol. The van der Waals surface area contributed by atoms with Crippen LogP contribution in [0.1, 0.15) is 120 Å². The molecule has 14 heteroatoms. The van der Waals surface area contributed by atoms with Gasteiger partial charge in [0.2, 0.25) is 0 Å². The Bertz CT molecular complexity index is 2470. The van der Waals surface area contributed by atoms with Gasteiger partial charge in [0.25, 0.3) is 23.6 Å². The van der Waals surface area contributed by atoms with Crippen molar-refractivity contribution in [2.45, 2.75) is 79.1 Å². The lowest BCUT2D eigenvalue weighted by Crippen LogP contribution is -2.43. The number of thiocarbonyl (C=S) groups is 4. The minimum atomic E-state index is -0.470. The lowest BCUT2D eigenvalue weighted by molar-refractivity contribution is 0.0565. The SMILES string of the molecule is CCCCC(CC)CN1C(=O)c2cc(N=C=S)c3c4c(N=C=S)cc5c6c(cc(N=C=S)c(c7c(N=C=S)cc(c2c37)C1=O)c64)C(=O)N(CC(CC)CCCC)C5=O. The second-order valence-electron chi connectivity index (χ2n) is 14.9. The Morgan fingerprint density at radius 2 is 0.741 bits per heavy atom.